The van der Waals surface area contributed by atoms with Crippen LogP contribution in [0.25, 0.3) is 0 Å². The Balaban J connectivity index is 1.15. The zero-order valence-corrected chi connectivity index (χ0v) is 53.6. The van der Waals surface area contributed by atoms with Crippen molar-refractivity contribution in [2.24, 2.45) is 73.8 Å². The largest absolute Gasteiger partial charge is 0.472 e. The van der Waals surface area contributed by atoms with Gasteiger partial charge in [0.05, 0.1) is 42.3 Å². The smallest absolute Gasteiger partial charge is 0.394 e. The van der Waals surface area contributed by atoms with Crippen LogP contribution < -0.4 is 71.2 Å². The molecule has 0 saturated carbocycles. The minimum Gasteiger partial charge on any atom is -0.394 e. The second-order valence-electron chi connectivity index (χ2n) is 27.2. The molecule has 492 valence electrons. The van der Waals surface area contributed by atoms with E-state index in [-0.39, 0.29) is 83.3 Å². The summed E-state index contributed by atoms with van der Waals surface area (Å²) in [5, 5.41) is 43.1. The van der Waals surface area contributed by atoms with Gasteiger partial charge < -0.3 is 91.0 Å². The lowest BCUT2D eigenvalue weighted by atomic mass is 9.58. The highest BCUT2D eigenvalue weighted by atomic mass is 31.2. The van der Waals surface area contributed by atoms with E-state index in [0.29, 0.717) is 34.7 Å². The number of fused-ring (bicyclic) bond motifs is 10. The van der Waals surface area contributed by atoms with Crippen LogP contribution >= 0.6 is 7.82 Å². The highest BCUT2D eigenvalue weighted by molar-refractivity contribution is 7.47. The number of ether oxygens (including phenoxy) is 1. The van der Waals surface area contributed by atoms with Crippen molar-refractivity contribution in [2.75, 3.05) is 30.0 Å². The summed E-state index contributed by atoms with van der Waals surface area (Å²) in [4.78, 5) is 106. The average Bonchev–Trinajstić information content (AvgIpc) is 1.57. The molecule has 8 bridgehead atoms. The number of carbonyl (C=O) groups is 7. The Morgan fingerprint density at radius 2 is 1.38 bits per heavy atom. The second kappa shape index (κ2) is 25.5. The van der Waals surface area contributed by atoms with Gasteiger partial charge in [0.1, 0.15) is 18.3 Å². The summed E-state index contributed by atoms with van der Waals surface area (Å²) < 4.78 is 30.8. The first-order valence-electron chi connectivity index (χ1n) is 30.6. The molecule has 27 nitrogen and oxygen atoms in total. The van der Waals surface area contributed by atoms with Gasteiger partial charge in [-0.05, 0) is 119 Å². The first kappa shape index (κ1) is 68.2. The lowest BCUT2D eigenvalue weighted by Gasteiger charge is -2.49. The molecule has 7 heterocycles. The molecule has 1 aromatic rings. The van der Waals surface area contributed by atoms with Gasteiger partial charge in [0.25, 0.3) is 0 Å². The van der Waals surface area contributed by atoms with Crippen LogP contribution in [-0.4, -0.2) is 131 Å². The molecule has 0 radical (unpaired) electrons. The molecule has 0 aromatic heterocycles. The van der Waals surface area contributed by atoms with Crippen LogP contribution in [0.2, 0.25) is 0 Å². The molecule has 16 unspecified atom stereocenters. The van der Waals surface area contributed by atoms with Crippen molar-refractivity contribution in [1.82, 2.24) is 26.6 Å². The number of nitrogens with zero attached hydrogens (tertiary/aromatic N) is 1. The van der Waals surface area contributed by atoms with E-state index < -0.39 is 144 Å². The van der Waals surface area contributed by atoms with Crippen molar-refractivity contribution in [3.63, 3.8) is 0 Å². The number of amides is 7. The van der Waals surface area contributed by atoms with Gasteiger partial charge in [0, 0.05) is 114 Å². The molecule has 1 aromatic carbocycles. The SMILES string of the molecule is C/C1=C2/NC(/C=C3\NC(/C=C4\NC(C(CC(N)=O)C4(C)CCC(=O)NCC(C)OP(=O)(O)OC4C(CO)OC(N5CNc6cc(C)c(C)cc65)C4O)C4(C)NC1=C(CCC(N)=O)C4(C)CC(N)=O)C(CCC(N)=O)C3(C)C)C(CCC(N)=O)C2(C)CC(N)=O. The third kappa shape index (κ3) is 13.3. The third-order valence-electron chi connectivity index (χ3n) is 20.9. The van der Waals surface area contributed by atoms with Crippen molar-refractivity contribution in [2.45, 2.75) is 194 Å². The number of nitrogens with two attached hydrogens (primary N) is 6. The molecule has 89 heavy (non-hydrogen) atoms. The van der Waals surface area contributed by atoms with Gasteiger partial charge in [-0.15, -0.1) is 0 Å². The predicted octanol–water partition coefficient (Wildman–Crippen LogP) is 1.26. The number of hydrogen-bond acceptors (Lipinski definition) is 19. The quantitative estimate of drug-likeness (QED) is 0.0581. The number of benzene rings is 1. The topological polar surface area (TPSA) is 456 Å². The summed E-state index contributed by atoms with van der Waals surface area (Å²) in [6.07, 6.45) is -2.73. The first-order chi connectivity index (χ1) is 41.4. The number of aliphatic hydroxyl groups is 2. The Morgan fingerprint density at radius 3 is 1.99 bits per heavy atom. The Bertz CT molecular complexity index is 3210. The van der Waals surface area contributed by atoms with E-state index in [1.165, 1.54) is 6.92 Å². The van der Waals surface area contributed by atoms with Gasteiger partial charge in [-0.1, -0.05) is 34.6 Å². The number of aliphatic hydroxyl groups excluding tert-OH is 2. The van der Waals surface area contributed by atoms with E-state index in [0.717, 1.165) is 28.2 Å². The highest BCUT2D eigenvalue weighted by Gasteiger charge is 2.65. The van der Waals surface area contributed by atoms with E-state index in [2.05, 4.69) is 31.9 Å². The highest BCUT2D eigenvalue weighted by Crippen LogP contribution is 2.61. The molecule has 28 heteroatoms. The van der Waals surface area contributed by atoms with Crippen LogP contribution in [0.1, 0.15) is 137 Å². The molecule has 4 saturated heterocycles. The summed E-state index contributed by atoms with van der Waals surface area (Å²) in [5.74, 6) is -5.75. The first-order valence-corrected chi connectivity index (χ1v) is 32.1. The normalized spacial score (nSPS) is 35.4. The lowest BCUT2D eigenvalue weighted by Crippen LogP contribution is -2.64. The molecule has 16 atom stereocenters. The number of carbonyl (C=O) groups excluding carboxylic acids is 7. The van der Waals surface area contributed by atoms with Crippen LogP contribution in [0.15, 0.2) is 58.2 Å². The molecular formula is C61H94N13O14P. The second-order valence-corrected chi connectivity index (χ2v) is 28.6. The molecule has 7 aliphatic heterocycles. The van der Waals surface area contributed by atoms with Gasteiger partial charge in [-0.3, -0.25) is 42.6 Å². The number of phosphoric ester groups is 1. The van der Waals surface area contributed by atoms with Gasteiger partial charge >= 0.3 is 7.82 Å². The fourth-order valence-corrected chi connectivity index (χ4v) is 16.9. The summed E-state index contributed by atoms with van der Waals surface area (Å²) >= 11 is 0. The van der Waals surface area contributed by atoms with E-state index in [1.807, 2.05) is 86.6 Å². The van der Waals surface area contributed by atoms with Crippen molar-refractivity contribution in [3.05, 3.63) is 69.3 Å². The maximum absolute atomic E-state index is 14.3. The van der Waals surface area contributed by atoms with Gasteiger partial charge in [0.2, 0.25) is 41.4 Å². The van der Waals surface area contributed by atoms with Gasteiger partial charge in [-0.25, -0.2) is 4.57 Å². The summed E-state index contributed by atoms with van der Waals surface area (Å²) in [5.41, 5.74) is 37.9. The zero-order valence-electron chi connectivity index (χ0n) is 52.8. The van der Waals surface area contributed by atoms with E-state index >= 15 is 0 Å². The van der Waals surface area contributed by atoms with Crippen molar-refractivity contribution in [3.8, 4) is 0 Å². The van der Waals surface area contributed by atoms with Crippen LogP contribution in [0.3, 0.4) is 0 Å². The van der Waals surface area contributed by atoms with Crippen molar-refractivity contribution >= 4 is 60.5 Å². The Labute approximate surface area is 519 Å². The van der Waals surface area contributed by atoms with Crippen molar-refractivity contribution in [1.29, 1.82) is 0 Å². The fourth-order valence-electron chi connectivity index (χ4n) is 15.8. The van der Waals surface area contributed by atoms with Crippen LogP contribution in [-0.2, 0) is 51.9 Å². The van der Waals surface area contributed by atoms with E-state index in [9.17, 15) is 53.2 Å². The molecule has 7 aliphatic rings. The minimum absolute atomic E-state index is 0.0222. The Kier molecular flexibility index (Phi) is 19.5. The molecule has 0 spiro atoms. The molecule has 7 amide bonds. The van der Waals surface area contributed by atoms with Crippen molar-refractivity contribution < 1.29 is 67.0 Å². The van der Waals surface area contributed by atoms with E-state index in [1.54, 1.807) is 4.90 Å². The summed E-state index contributed by atoms with van der Waals surface area (Å²) in [6.45, 7) is 18.2. The van der Waals surface area contributed by atoms with Gasteiger partial charge in [0.15, 0.2) is 6.23 Å². The minimum atomic E-state index is -5.03. The van der Waals surface area contributed by atoms with Crippen LogP contribution in [0.5, 0.6) is 0 Å². The molecular weight excluding hydrogens is 1170 g/mol. The number of aryl methyl sites for hydroxylation is 2. The average molecular weight is 1260 g/mol. The Morgan fingerprint density at radius 1 is 0.775 bits per heavy atom. The molecule has 4 fully saturated rings. The van der Waals surface area contributed by atoms with Crippen LogP contribution in [0.4, 0.5) is 11.4 Å². The fraction of sp³-hybridized carbons (Fsp3) is 0.656. The molecule has 8 rings (SSSR count). The number of phosphoric acid groups is 1. The third-order valence-corrected chi connectivity index (χ3v) is 22.1. The number of primary amides is 6. The lowest BCUT2D eigenvalue weighted by molar-refractivity contribution is -0.123. The number of rotatable bonds is 26. The Hall–Kier alpha value is -6.74. The van der Waals surface area contributed by atoms with Gasteiger partial charge in [-0.2, -0.15) is 0 Å². The number of anilines is 2. The standard InChI is InChI=1S/C61H94N13O14P/c1-29-19-39-40(20-30(29)2)74(28-69-39)56-52(83)53(41(27-75)86-56)88-89(84,85)87-31(3)26-68-50(82)17-18-58(7)36(21-47(65)79)55-61(10)60(9,25-49(67)81)35(13-16-46(64)78)51(73-61)32(4)54-59(8,24-48(66)80)34(12-15-45(63)77)38(71-54)22-42-57(5,6)33(11-14-44(62)76)37(70-42)23-43(58)72-55/h19-20,22-23,31,33-34,36-38,41,52-53,55-56,69-73,75,83H,11-18,21,24-28H2,1-10H3,(H2,62,76)(H2,63,77)(H2,64,78)(H2,65,79)(H2,66,80)(H2,67,81)(H,68,82)(H,84,85)/b42-22-,43-23-,54-32-. The zero-order chi connectivity index (χ0) is 65.8. The number of allylic oxidation sites excluding steroid dienone is 4. The van der Waals surface area contributed by atoms with E-state index in [4.69, 9.17) is 48.2 Å². The monoisotopic (exact) mass is 1260 g/mol. The number of hydrogen-bond donors (Lipinski definition) is 15. The summed E-state index contributed by atoms with van der Waals surface area (Å²) in [6, 6.07) is 1.93. The van der Waals surface area contributed by atoms with Crippen LogP contribution in [0, 0.1) is 53.3 Å². The predicted molar refractivity (Wildman–Crippen MR) is 330 cm³/mol. The summed E-state index contributed by atoms with van der Waals surface area (Å²) in [7, 11) is -5.03. The maximum Gasteiger partial charge on any atom is 0.472 e. The number of nitrogens with one attached hydrogen (secondary N) is 6. The molecule has 21 N–H and O–H groups in total. The maximum atomic E-state index is 14.3. The molecule has 0 aliphatic carbocycles.